The Bertz CT molecular complexity index is 386. The number of halogens is 1. The van der Waals surface area contributed by atoms with Crippen molar-refractivity contribution in [1.29, 1.82) is 0 Å². The van der Waals surface area contributed by atoms with E-state index in [0.717, 1.165) is 51.4 Å². The lowest BCUT2D eigenvalue weighted by atomic mass is 9.84. The van der Waals surface area contributed by atoms with E-state index in [9.17, 15) is 9.59 Å². The Morgan fingerprint density at radius 2 is 1.52 bits per heavy atom. The Morgan fingerprint density at radius 1 is 1.05 bits per heavy atom. The zero-order valence-corrected chi connectivity index (χ0v) is 13.9. The van der Waals surface area contributed by atoms with Crippen molar-refractivity contribution in [2.75, 3.05) is 20.6 Å². The molecule has 0 aromatic rings. The molecule has 0 radical (unpaired) electrons. The average molecular weight is 318 g/mol. The Labute approximate surface area is 133 Å². The molecule has 21 heavy (non-hydrogen) atoms. The number of carbonyl (C=O) groups is 2. The molecule has 0 aromatic heterocycles. The monoisotopic (exact) mass is 317 g/mol. The molecule has 0 aliphatic heterocycles. The van der Waals surface area contributed by atoms with Gasteiger partial charge in [-0.1, -0.05) is 25.7 Å². The molecule has 0 atom stereocenters. The molecule has 0 unspecified atom stereocenters. The third kappa shape index (κ3) is 3.69. The second-order valence-corrected chi connectivity index (χ2v) is 6.73. The number of nitrogens with zero attached hydrogens (tertiary/aromatic N) is 1. The van der Waals surface area contributed by atoms with E-state index in [1.165, 1.54) is 0 Å². The zero-order valence-electron chi connectivity index (χ0n) is 13.1. The highest BCUT2D eigenvalue weighted by atomic mass is 35.5. The van der Waals surface area contributed by atoms with Crippen LogP contribution in [0.5, 0.6) is 0 Å². The summed E-state index contributed by atoms with van der Waals surface area (Å²) >= 11 is 0. The summed E-state index contributed by atoms with van der Waals surface area (Å²) in [5, 5.41) is 2.97. The molecule has 2 amide bonds. The molecule has 6 heteroatoms. The Hall–Kier alpha value is -0.810. The summed E-state index contributed by atoms with van der Waals surface area (Å²) in [7, 11) is 3.57. The highest BCUT2D eigenvalue weighted by Crippen LogP contribution is 2.39. The van der Waals surface area contributed by atoms with Crippen molar-refractivity contribution in [3.8, 4) is 0 Å². The lowest BCUT2D eigenvalue weighted by molar-refractivity contribution is -0.139. The maximum Gasteiger partial charge on any atom is 0.240 e. The summed E-state index contributed by atoms with van der Waals surface area (Å²) in [6.45, 7) is 0.432. The van der Waals surface area contributed by atoms with Crippen LogP contribution in [-0.4, -0.2) is 42.9 Å². The summed E-state index contributed by atoms with van der Waals surface area (Å²) in [5.74, 6) is 0.0561. The molecule has 0 aromatic carbocycles. The van der Waals surface area contributed by atoms with Gasteiger partial charge in [0.05, 0.1) is 11.0 Å². The quantitative estimate of drug-likeness (QED) is 0.824. The highest BCUT2D eigenvalue weighted by molar-refractivity contribution is 5.88. The normalized spacial score (nSPS) is 22.4. The molecule has 2 rings (SSSR count). The van der Waals surface area contributed by atoms with Crippen molar-refractivity contribution in [3.63, 3.8) is 0 Å². The predicted octanol–water partition coefficient (Wildman–Crippen LogP) is 1.44. The van der Waals surface area contributed by atoms with Crippen molar-refractivity contribution < 1.29 is 9.59 Å². The summed E-state index contributed by atoms with van der Waals surface area (Å²) in [6, 6.07) is 0. The second-order valence-electron chi connectivity index (χ2n) is 6.73. The van der Waals surface area contributed by atoms with Gasteiger partial charge in [0, 0.05) is 20.6 Å². The molecular formula is C15H28ClN3O2. The van der Waals surface area contributed by atoms with Crippen LogP contribution in [0.2, 0.25) is 0 Å². The van der Waals surface area contributed by atoms with E-state index in [1.807, 2.05) is 0 Å². The van der Waals surface area contributed by atoms with Crippen LogP contribution >= 0.6 is 12.4 Å². The number of hydrogen-bond acceptors (Lipinski definition) is 3. The van der Waals surface area contributed by atoms with Crippen LogP contribution in [-0.2, 0) is 9.59 Å². The average Bonchev–Trinajstić information content (AvgIpc) is 3.05. The lowest BCUT2D eigenvalue weighted by Gasteiger charge is -2.32. The van der Waals surface area contributed by atoms with Crippen molar-refractivity contribution >= 4 is 24.2 Å². The third-order valence-corrected chi connectivity index (χ3v) is 4.96. The topological polar surface area (TPSA) is 75.4 Å². The Kier molecular flexibility index (Phi) is 6.05. The number of amides is 2. The maximum absolute atomic E-state index is 12.4. The van der Waals surface area contributed by atoms with E-state index in [4.69, 9.17) is 5.73 Å². The first kappa shape index (κ1) is 18.2. The van der Waals surface area contributed by atoms with Crippen LogP contribution in [0.25, 0.3) is 0 Å². The van der Waals surface area contributed by atoms with Crippen LogP contribution in [0, 0.1) is 5.41 Å². The number of carbonyl (C=O) groups excluding carboxylic acids is 2. The van der Waals surface area contributed by atoms with E-state index in [2.05, 4.69) is 5.32 Å². The SMILES string of the molecule is CN(C)C(=O)C1(CNC(=O)C2(N)CCCC2)CCCC1.Cl. The van der Waals surface area contributed by atoms with Crippen LogP contribution in [0.1, 0.15) is 51.4 Å². The summed E-state index contributed by atoms with van der Waals surface area (Å²) in [4.78, 5) is 26.4. The zero-order chi connectivity index (χ0) is 14.8. The largest absolute Gasteiger partial charge is 0.353 e. The van der Waals surface area contributed by atoms with Crippen molar-refractivity contribution in [1.82, 2.24) is 10.2 Å². The maximum atomic E-state index is 12.4. The van der Waals surface area contributed by atoms with E-state index < -0.39 is 11.0 Å². The van der Waals surface area contributed by atoms with Crippen LogP contribution in [0.15, 0.2) is 0 Å². The van der Waals surface area contributed by atoms with Gasteiger partial charge in [-0.3, -0.25) is 9.59 Å². The smallest absolute Gasteiger partial charge is 0.240 e. The molecule has 2 fully saturated rings. The van der Waals surface area contributed by atoms with Crippen LogP contribution < -0.4 is 11.1 Å². The van der Waals surface area contributed by atoms with Crippen molar-refractivity contribution in [2.45, 2.75) is 56.9 Å². The molecule has 2 aliphatic carbocycles. The van der Waals surface area contributed by atoms with Gasteiger partial charge in [0.1, 0.15) is 0 Å². The van der Waals surface area contributed by atoms with Gasteiger partial charge < -0.3 is 16.0 Å². The van der Waals surface area contributed by atoms with E-state index >= 15 is 0 Å². The van der Waals surface area contributed by atoms with Gasteiger partial charge in [0.15, 0.2) is 0 Å². The summed E-state index contributed by atoms with van der Waals surface area (Å²) in [5.41, 5.74) is 5.04. The lowest BCUT2D eigenvalue weighted by Crippen LogP contribution is -2.55. The van der Waals surface area contributed by atoms with Gasteiger partial charge in [-0.05, 0) is 25.7 Å². The Morgan fingerprint density at radius 3 is 2.00 bits per heavy atom. The standard InChI is InChI=1S/C15H27N3O2.ClH/c1-18(2)13(20)14(7-3-4-8-14)11-17-12(19)15(16)9-5-6-10-15;/h3-11,16H2,1-2H3,(H,17,19);1H. The van der Waals surface area contributed by atoms with Crippen molar-refractivity contribution in [2.24, 2.45) is 11.1 Å². The fourth-order valence-corrected chi connectivity index (χ4v) is 3.65. The van der Waals surface area contributed by atoms with Gasteiger partial charge >= 0.3 is 0 Å². The first-order valence-corrected chi connectivity index (χ1v) is 7.69. The molecular weight excluding hydrogens is 290 g/mol. The third-order valence-electron chi connectivity index (χ3n) is 4.96. The van der Waals surface area contributed by atoms with E-state index in [-0.39, 0.29) is 24.2 Å². The fraction of sp³-hybridized carbons (Fsp3) is 0.867. The molecule has 2 saturated carbocycles. The summed E-state index contributed by atoms with van der Waals surface area (Å²) in [6.07, 6.45) is 7.40. The molecule has 122 valence electrons. The molecule has 0 bridgehead atoms. The molecule has 0 heterocycles. The molecule has 2 aliphatic rings. The second kappa shape index (κ2) is 6.97. The van der Waals surface area contributed by atoms with Crippen LogP contribution in [0.4, 0.5) is 0 Å². The highest BCUT2D eigenvalue weighted by Gasteiger charge is 2.44. The number of nitrogens with one attached hydrogen (secondary N) is 1. The van der Waals surface area contributed by atoms with Crippen LogP contribution in [0.3, 0.4) is 0 Å². The van der Waals surface area contributed by atoms with E-state index in [1.54, 1.807) is 19.0 Å². The molecule has 5 nitrogen and oxygen atoms in total. The fourth-order valence-electron chi connectivity index (χ4n) is 3.65. The minimum absolute atomic E-state index is 0. The first-order valence-electron chi connectivity index (χ1n) is 7.69. The molecule has 0 spiro atoms. The number of rotatable bonds is 4. The van der Waals surface area contributed by atoms with Crippen molar-refractivity contribution in [3.05, 3.63) is 0 Å². The minimum Gasteiger partial charge on any atom is -0.353 e. The molecule has 0 saturated heterocycles. The number of nitrogens with two attached hydrogens (primary N) is 1. The number of hydrogen-bond donors (Lipinski definition) is 2. The van der Waals surface area contributed by atoms with Gasteiger partial charge in [-0.2, -0.15) is 0 Å². The van der Waals surface area contributed by atoms with Gasteiger partial charge in [0.2, 0.25) is 11.8 Å². The summed E-state index contributed by atoms with van der Waals surface area (Å²) < 4.78 is 0. The van der Waals surface area contributed by atoms with Gasteiger partial charge in [-0.25, -0.2) is 0 Å². The molecule has 3 N–H and O–H groups in total. The van der Waals surface area contributed by atoms with Gasteiger partial charge in [-0.15, -0.1) is 12.4 Å². The Balaban J connectivity index is 0.00000220. The first-order chi connectivity index (χ1) is 9.40. The minimum atomic E-state index is -0.707. The predicted molar refractivity (Wildman–Crippen MR) is 85.2 cm³/mol. The van der Waals surface area contributed by atoms with E-state index in [0.29, 0.717) is 6.54 Å². The van der Waals surface area contributed by atoms with Gasteiger partial charge in [0.25, 0.3) is 0 Å².